The quantitative estimate of drug-likeness (QED) is 0.720. The molecule has 3 N–H and O–H groups in total. The van der Waals surface area contributed by atoms with E-state index in [1.807, 2.05) is 30.3 Å². The van der Waals surface area contributed by atoms with E-state index >= 15 is 0 Å². The van der Waals surface area contributed by atoms with Crippen LogP contribution in [0.3, 0.4) is 0 Å². The van der Waals surface area contributed by atoms with Crippen LogP contribution in [-0.4, -0.2) is 26.3 Å². The minimum absolute atomic E-state index is 0.0671. The Balaban J connectivity index is 1.60. The summed E-state index contributed by atoms with van der Waals surface area (Å²) in [6.07, 6.45) is 0.650. The van der Waals surface area contributed by atoms with Crippen molar-refractivity contribution in [2.24, 2.45) is 5.73 Å². The van der Waals surface area contributed by atoms with Gasteiger partial charge < -0.3 is 19.9 Å². The molecule has 4 rings (SSSR count). The van der Waals surface area contributed by atoms with Crippen molar-refractivity contribution in [3.63, 3.8) is 0 Å². The summed E-state index contributed by atoms with van der Waals surface area (Å²) in [5.74, 6) is 0.894. The fraction of sp³-hybridized carbons (Fsp3) is 0.333. The molecule has 2 aromatic heterocycles. The normalized spacial score (nSPS) is 20.5. The predicted octanol–water partition coefficient (Wildman–Crippen LogP) is 2.54. The molecule has 1 amide bonds. The van der Waals surface area contributed by atoms with Gasteiger partial charge in [0.05, 0.1) is 0 Å². The average molecular weight is 354 g/mol. The number of hydrogen-bond acceptors (Lipinski definition) is 7. The minimum Gasteiger partial charge on any atom is -0.384 e. The largest absolute Gasteiger partial charge is 0.384 e. The highest BCUT2D eigenvalue weighted by Gasteiger charge is 2.40. The number of rotatable bonds is 5. The third-order valence-electron chi connectivity index (χ3n) is 4.72. The van der Waals surface area contributed by atoms with Gasteiger partial charge in [0.1, 0.15) is 6.10 Å². The molecule has 2 heterocycles. The monoisotopic (exact) mass is 354 g/mol. The Morgan fingerprint density at radius 3 is 2.54 bits per heavy atom. The molecule has 1 aliphatic rings. The van der Waals surface area contributed by atoms with Crippen molar-refractivity contribution < 1.29 is 18.9 Å². The molecule has 0 radical (unpaired) electrons. The van der Waals surface area contributed by atoms with E-state index < -0.39 is 12.0 Å². The second-order valence-electron chi connectivity index (χ2n) is 6.54. The van der Waals surface area contributed by atoms with E-state index in [2.05, 4.69) is 15.3 Å². The zero-order valence-electron chi connectivity index (χ0n) is 14.1. The summed E-state index contributed by atoms with van der Waals surface area (Å²) < 4.78 is 10.5. The molecule has 8 heteroatoms. The summed E-state index contributed by atoms with van der Waals surface area (Å²) in [5, 5.41) is 17.3. The molecule has 0 bridgehead atoms. The Bertz CT molecular complexity index is 926. The molecule has 1 aromatic carbocycles. The molecular weight excluding hydrogens is 336 g/mol. The van der Waals surface area contributed by atoms with Crippen LogP contribution in [0.25, 0.3) is 11.3 Å². The summed E-state index contributed by atoms with van der Waals surface area (Å²) >= 11 is 0. The van der Waals surface area contributed by atoms with E-state index in [0.717, 1.165) is 24.0 Å². The van der Waals surface area contributed by atoms with Gasteiger partial charge >= 0.3 is 0 Å². The smallest absolute Gasteiger partial charge is 0.271 e. The summed E-state index contributed by atoms with van der Waals surface area (Å²) in [6, 6.07) is 9.50. The first kappa shape index (κ1) is 16.5. The third-order valence-corrected chi connectivity index (χ3v) is 4.72. The number of benzene rings is 1. The van der Waals surface area contributed by atoms with Crippen LogP contribution in [0.15, 0.2) is 39.4 Å². The topological polar surface area (TPSA) is 128 Å². The van der Waals surface area contributed by atoms with E-state index in [-0.39, 0.29) is 23.4 Å². The molecule has 0 saturated heterocycles. The molecule has 134 valence electrons. The van der Waals surface area contributed by atoms with E-state index in [0.29, 0.717) is 11.6 Å². The number of nitrogens with zero attached hydrogens (tertiary/aromatic N) is 3. The van der Waals surface area contributed by atoms with Crippen LogP contribution in [0.1, 0.15) is 65.5 Å². The molecular formula is C18H18N4O4. The lowest BCUT2D eigenvalue weighted by atomic mass is 9.70. The Hall–Kier alpha value is -3.00. The lowest BCUT2D eigenvalue weighted by Gasteiger charge is -2.33. The lowest BCUT2D eigenvalue weighted by Crippen LogP contribution is -2.24. The zero-order valence-corrected chi connectivity index (χ0v) is 14.1. The van der Waals surface area contributed by atoms with Gasteiger partial charge in [-0.2, -0.15) is 4.98 Å². The Morgan fingerprint density at radius 1 is 1.19 bits per heavy atom. The molecule has 26 heavy (non-hydrogen) atoms. The Kier molecular flexibility index (Phi) is 4.04. The van der Waals surface area contributed by atoms with Gasteiger partial charge in [-0.25, -0.2) is 0 Å². The van der Waals surface area contributed by atoms with Crippen molar-refractivity contribution in [1.29, 1.82) is 0 Å². The van der Waals surface area contributed by atoms with Crippen LogP contribution < -0.4 is 5.73 Å². The minimum atomic E-state index is -0.795. The van der Waals surface area contributed by atoms with Gasteiger partial charge in [0.25, 0.3) is 11.8 Å². The molecule has 8 nitrogen and oxygen atoms in total. The summed E-state index contributed by atoms with van der Waals surface area (Å²) in [5.41, 5.74) is 7.23. The molecule has 1 aliphatic carbocycles. The number of aromatic nitrogens is 3. The van der Waals surface area contributed by atoms with Crippen molar-refractivity contribution in [1.82, 2.24) is 15.3 Å². The number of carbonyl (C=O) groups excluding carboxylic acids is 1. The molecule has 0 spiro atoms. The maximum absolute atomic E-state index is 11.8. The average Bonchev–Trinajstić information content (AvgIpc) is 3.22. The van der Waals surface area contributed by atoms with Gasteiger partial charge in [-0.15, -0.1) is 0 Å². The number of hydrogen-bond donors (Lipinski definition) is 2. The van der Waals surface area contributed by atoms with Gasteiger partial charge in [0.2, 0.25) is 0 Å². The van der Waals surface area contributed by atoms with Crippen LogP contribution in [0.5, 0.6) is 0 Å². The number of carbonyl (C=O) groups is 1. The molecule has 0 unspecified atom stereocenters. The van der Waals surface area contributed by atoms with Crippen molar-refractivity contribution >= 4 is 5.91 Å². The highest BCUT2D eigenvalue weighted by Crippen LogP contribution is 2.50. The second-order valence-corrected chi connectivity index (χ2v) is 6.54. The maximum atomic E-state index is 11.8. The van der Waals surface area contributed by atoms with Crippen LogP contribution >= 0.6 is 0 Å². The zero-order chi connectivity index (χ0) is 18.3. The van der Waals surface area contributed by atoms with Crippen molar-refractivity contribution in [2.75, 3.05) is 0 Å². The molecule has 3 aromatic rings. The number of nitrogens with two attached hydrogens (primary N) is 1. The first-order chi connectivity index (χ1) is 12.5. The van der Waals surface area contributed by atoms with E-state index in [1.54, 1.807) is 6.92 Å². The standard InChI is InChI=1S/C18H18N4O4/c1-9(23)18-20-17(22-26-18)12-7-11(8-12)13-14(16(19)24)21-25-15(13)10-5-3-2-4-6-10/h2-6,9,11-12,23H,7-8H2,1H3,(H2,19,24)/t9-,11?,12?/m1/s1. The van der Waals surface area contributed by atoms with E-state index in [9.17, 15) is 9.90 Å². The lowest BCUT2D eigenvalue weighted by molar-refractivity contribution is 0.0989. The van der Waals surface area contributed by atoms with Crippen LogP contribution in [0, 0.1) is 0 Å². The van der Waals surface area contributed by atoms with Gasteiger partial charge in [0.15, 0.2) is 17.3 Å². The number of primary amides is 1. The van der Waals surface area contributed by atoms with Crippen LogP contribution in [0.2, 0.25) is 0 Å². The van der Waals surface area contributed by atoms with Gasteiger partial charge in [-0.3, -0.25) is 4.79 Å². The highest BCUT2D eigenvalue weighted by molar-refractivity contribution is 5.94. The molecule has 1 fully saturated rings. The van der Waals surface area contributed by atoms with Crippen molar-refractivity contribution in [3.05, 3.63) is 53.3 Å². The fourth-order valence-corrected chi connectivity index (χ4v) is 3.30. The Labute approximate surface area is 149 Å². The first-order valence-corrected chi connectivity index (χ1v) is 8.41. The number of amides is 1. The van der Waals surface area contributed by atoms with E-state index in [4.69, 9.17) is 14.8 Å². The third kappa shape index (κ3) is 2.78. The molecule has 0 aliphatic heterocycles. The van der Waals surface area contributed by atoms with Crippen LogP contribution in [-0.2, 0) is 0 Å². The SMILES string of the molecule is C[C@@H](O)c1nc(C2CC(c3c(C(N)=O)noc3-c3ccccc3)C2)no1. The van der Waals surface area contributed by atoms with Gasteiger partial charge in [-0.05, 0) is 25.7 Å². The van der Waals surface area contributed by atoms with Gasteiger partial charge in [0, 0.05) is 17.0 Å². The summed E-state index contributed by atoms with van der Waals surface area (Å²) in [6.45, 7) is 1.57. The second kappa shape index (κ2) is 6.38. The summed E-state index contributed by atoms with van der Waals surface area (Å²) in [4.78, 5) is 16.0. The fourth-order valence-electron chi connectivity index (χ4n) is 3.30. The van der Waals surface area contributed by atoms with Crippen molar-refractivity contribution in [3.8, 4) is 11.3 Å². The highest BCUT2D eigenvalue weighted by atomic mass is 16.5. The predicted molar refractivity (Wildman–Crippen MR) is 90.1 cm³/mol. The van der Waals surface area contributed by atoms with Crippen molar-refractivity contribution in [2.45, 2.75) is 37.7 Å². The summed E-state index contributed by atoms with van der Waals surface area (Å²) in [7, 11) is 0. The number of aliphatic hydroxyl groups is 1. The Morgan fingerprint density at radius 2 is 1.92 bits per heavy atom. The van der Waals surface area contributed by atoms with Crippen LogP contribution in [0.4, 0.5) is 0 Å². The first-order valence-electron chi connectivity index (χ1n) is 8.41. The number of aliphatic hydroxyl groups excluding tert-OH is 1. The molecule has 1 saturated carbocycles. The van der Waals surface area contributed by atoms with Gasteiger partial charge in [-0.1, -0.05) is 40.6 Å². The maximum Gasteiger partial charge on any atom is 0.271 e. The van der Waals surface area contributed by atoms with E-state index in [1.165, 1.54) is 0 Å². The molecule has 1 atom stereocenters.